The molecule has 0 amide bonds. The maximum atomic E-state index is 14.0. The predicted molar refractivity (Wildman–Crippen MR) is 215 cm³/mol. The van der Waals surface area contributed by atoms with Crippen molar-refractivity contribution in [1.29, 1.82) is 0 Å². The minimum Gasteiger partial charge on any atom is -0.481 e. The van der Waals surface area contributed by atoms with E-state index in [1.165, 1.54) is 68.8 Å². The van der Waals surface area contributed by atoms with Crippen LogP contribution in [0.1, 0.15) is 158 Å². The first-order chi connectivity index (χ1) is 25.1. The summed E-state index contributed by atoms with van der Waals surface area (Å²) in [6.45, 7) is 17.8. The third kappa shape index (κ3) is 6.16. The van der Waals surface area contributed by atoms with Crippen molar-refractivity contribution in [3.05, 3.63) is 23.3 Å². The standard InChI is InChI=1S/C46H74FNO5S/c1-30(2)33-15-24-46(48-28-27-45(51)22-13-32(14-23-45)54(8,52)53)26-25-42(6)35(38(33)46)9-10-37-41(5)18-16-34(40(3,4)36(41)17-19-43(37,42)7)31-11-20-44(29-47,21-12-31)39(49)50/h11,16,30,32-33,35-38,48,51H,9-10,12-15,17-29H2,1-8H3,(H,49,50)/t32?,33-,35+,36-,37+,38+,41-,42+,43+,44+,45?,46-/m0/s1. The van der Waals surface area contributed by atoms with Crippen molar-refractivity contribution >= 4 is 15.8 Å². The number of sulfone groups is 1. The van der Waals surface area contributed by atoms with Crippen molar-refractivity contribution in [2.24, 2.45) is 62.6 Å². The Bertz CT molecular complexity index is 1640. The average Bonchev–Trinajstić information content (AvgIpc) is 3.48. The summed E-state index contributed by atoms with van der Waals surface area (Å²) in [7, 11) is -3.06. The summed E-state index contributed by atoms with van der Waals surface area (Å²) in [5.74, 6) is 2.82. The normalized spacial score (nSPS) is 47.5. The number of rotatable bonds is 9. The minimum atomic E-state index is -3.06. The van der Waals surface area contributed by atoms with Crippen LogP contribution in [0.3, 0.4) is 0 Å². The summed E-state index contributed by atoms with van der Waals surface area (Å²) >= 11 is 0. The molecule has 0 heterocycles. The van der Waals surface area contributed by atoms with Crippen LogP contribution in [0.4, 0.5) is 4.39 Å². The number of allylic oxidation sites excluding steroid dienone is 4. The van der Waals surface area contributed by atoms with E-state index < -0.39 is 33.5 Å². The maximum Gasteiger partial charge on any atom is 0.312 e. The molecule has 6 nitrogen and oxygen atoms in total. The highest BCUT2D eigenvalue weighted by Crippen LogP contribution is 2.76. The van der Waals surface area contributed by atoms with Crippen LogP contribution in [-0.4, -0.2) is 60.5 Å². The van der Waals surface area contributed by atoms with Gasteiger partial charge in [0.2, 0.25) is 0 Å². The minimum absolute atomic E-state index is 0.0230. The van der Waals surface area contributed by atoms with E-state index >= 15 is 0 Å². The highest BCUT2D eigenvalue weighted by molar-refractivity contribution is 7.91. The molecule has 0 aromatic carbocycles. The van der Waals surface area contributed by atoms with Gasteiger partial charge in [-0.2, -0.15) is 0 Å². The van der Waals surface area contributed by atoms with E-state index in [-0.39, 0.29) is 38.9 Å². The first-order valence-electron chi connectivity index (χ1n) is 22.0. The molecule has 0 radical (unpaired) electrons. The Morgan fingerprint density at radius 2 is 1.57 bits per heavy atom. The van der Waals surface area contributed by atoms with E-state index in [1.54, 1.807) is 0 Å². The van der Waals surface area contributed by atoms with E-state index in [0.29, 0.717) is 80.5 Å². The molecular weight excluding hydrogens is 698 g/mol. The lowest BCUT2D eigenvalue weighted by Crippen LogP contribution is -2.68. The molecule has 54 heavy (non-hydrogen) atoms. The van der Waals surface area contributed by atoms with Gasteiger partial charge >= 0.3 is 5.97 Å². The maximum absolute atomic E-state index is 14.0. The number of fused-ring (bicyclic) bond motifs is 7. The first-order valence-corrected chi connectivity index (χ1v) is 23.9. The van der Waals surface area contributed by atoms with Crippen LogP contribution < -0.4 is 5.32 Å². The van der Waals surface area contributed by atoms with E-state index in [9.17, 15) is 27.8 Å². The zero-order chi connectivity index (χ0) is 39.3. The van der Waals surface area contributed by atoms with Crippen molar-refractivity contribution in [2.75, 3.05) is 19.5 Å². The van der Waals surface area contributed by atoms with Gasteiger partial charge in [0.25, 0.3) is 0 Å². The molecule has 3 N–H and O–H groups in total. The second kappa shape index (κ2) is 13.7. The van der Waals surface area contributed by atoms with Crippen molar-refractivity contribution in [1.82, 2.24) is 5.32 Å². The summed E-state index contributed by atoms with van der Waals surface area (Å²) in [5.41, 5.74) is 1.42. The molecule has 0 saturated heterocycles. The highest BCUT2D eigenvalue weighted by Gasteiger charge is 2.70. The largest absolute Gasteiger partial charge is 0.481 e. The molecule has 7 rings (SSSR count). The molecule has 5 fully saturated rings. The first kappa shape index (κ1) is 40.9. The molecule has 10 atom stereocenters. The zero-order valence-electron chi connectivity index (χ0n) is 35.0. The number of halogens is 1. The lowest BCUT2D eigenvalue weighted by atomic mass is 9.32. The Kier molecular flexibility index (Phi) is 10.4. The van der Waals surface area contributed by atoms with Crippen LogP contribution in [0, 0.1) is 62.6 Å². The number of hydrogen-bond acceptors (Lipinski definition) is 5. The lowest BCUT2D eigenvalue weighted by molar-refractivity contribution is -0.223. The van der Waals surface area contributed by atoms with E-state index in [4.69, 9.17) is 0 Å². The molecule has 0 bridgehead atoms. The Morgan fingerprint density at radius 3 is 2.17 bits per heavy atom. The van der Waals surface area contributed by atoms with Crippen LogP contribution in [0.15, 0.2) is 23.3 Å². The van der Waals surface area contributed by atoms with Gasteiger partial charge in [-0.25, -0.2) is 12.8 Å². The van der Waals surface area contributed by atoms with Crippen LogP contribution in [-0.2, 0) is 14.6 Å². The van der Waals surface area contributed by atoms with Crippen molar-refractivity contribution in [3.63, 3.8) is 0 Å². The third-order valence-electron chi connectivity index (χ3n) is 19.1. The summed E-state index contributed by atoms with van der Waals surface area (Å²) in [6, 6.07) is 0. The molecule has 0 aliphatic heterocycles. The fraction of sp³-hybridized carbons (Fsp3) is 0.891. The molecule has 8 heteroatoms. The van der Waals surface area contributed by atoms with Gasteiger partial charge in [-0.05, 0) is 184 Å². The highest BCUT2D eigenvalue weighted by atomic mass is 32.2. The summed E-state index contributed by atoms with van der Waals surface area (Å²) < 4.78 is 38.4. The molecule has 0 spiro atoms. The van der Waals surface area contributed by atoms with E-state index in [1.807, 2.05) is 0 Å². The molecule has 306 valence electrons. The number of carbonyl (C=O) groups is 1. The lowest BCUT2D eigenvalue weighted by Gasteiger charge is -2.72. The SMILES string of the molecule is CC(C)[C@@H]1CC[C@]2(NCCC3(O)CCC(S(C)(=O)=O)CC3)CC[C@]3(C)[C@H](CC[C@@H]4[C@@]5(C)CC=C(C6=CC[C@@](CF)(C(=O)O)CC6)C(C)(C)[C@@H]5CC[C@]43C)[C@@H]12. The molecule has 7 aliphatic carbocycles. The van der Waals surface area contributed by atoms with Gasteiger partial charge in [0.1, 0.15) is 16.5 Å². The van der Waals surface area contributed by atoms with Gasteiger partial charge in [-0.1, -0.05) is 60.6 Å². The summed E-state index contributed by atoms with van der Waals surface area (Å²) in [6.07, 6.45) is 21.3. The Hall–Kier alpha value is -1.25. The monoisotopic (exact) mass is 772 g/mol. The van der Waals surface area contributed by atoms with Crippen molar-refractivity contribution in [2.45, 2.75) is 174 Å². The molecule has 5 saturated carbocycles. The zero-order valence-corrected chi connectivity index (χ0v) is 35.9. The molecule has 0 unspecified atom stereocenters. The van der Waals surface area contributed by atoms with Crippen LogP contribution in [0.25, 0.3) is 0 Å². The number of aliphatic hydroxyl groups is 1. The summed E-state index contributed by atoms with van der Waals surface area (Å²) in [5, 5.41) is 25.3. The number of carboxylic acid groups (broad SMARTS) is 1. The third-order valence-corrected chi connectivity index (χ3v) is 20.8. The van der Waals surface area contributed by atoms with Gasteiger partial charge in [-0.3, -0.25) is 4.79 Å². The number of nitrogens with one attached hydrogen (secondary N) is 1. The quantitative estimate of drug-likeness (QED) is 0.216. The molecule has 0 aromatic rings. The number of aliphatic carboxylic acids is 1. The molecule has 7 aliphatic rings. The van der Waals surface area contributed by atoms with Gasteiger partial charge in [0.15, 0.2) is 0 Å². The fourth-order valence-corrected chi connectivity index (χ4v) is 16.8. The van der Waals surface area contributed by atoms with E-state index in [2.05, 4.69) is 65.9 Å². The smallest absolute Gasteiger partial charge is 0.312 e. The fourth-order valence-electron chi connectivity index (χ4n) is 15.7. The van der Waals surface area contributed by atoms with E-state index in [0.717, 1.165) is 13.0 Å². The van der Waals surface area contributed by atoms with Gasteiger partial charge < -0.3 is 15.5 Å². The predicted octanol–water partition coefficient (Wildman–Crippen LogP) is 9.86. The number of carboxylic acids is 1. The van der Waals surface area contributed by atoms with Gasteiger partial charge in [-0.15, -0.1) is 0 Å². The van der Waals surface area contributed by atoms with Crippen LogP contribution in [0.5, 0.6) is 0 Å². The summed E-state index contributed by atoms with van der Waals surface area (Å²) in [4.78, 5) is 12.0. The average molecular weight is 772 g/mol. The second-order valence-corrected chi connectivity index (χ2v) is 24.2. The number of alkyl halides is 1. The van der Waals surface area contributed by atoms with Gasteiger partial charge in [0.05, 0.1) is 16.3 Å². The van der Waals surface area contributed by atoms with Crippen LogP contribution >= 0.6 is 0 Å². The number of hydrogen-bond donors (Lipinski definition) is 3. The van der Waals surface area contributed by atoms with Gasteiger partial charge in [0, 0.05) is 11.8 Å². The Labute approximate surface area is 327 Å². The second-order valence-electron chi connectivity index (χ2n) is 21.9. The Morgan fingerprint density at radius 1 is 0.870 bits per heavy atom. The Balaban J connectivity index is 1.11. The van der Waals surface area contributed by atoms with Crippen LogP contribution in [0.2, 0.25) is 0 Å². The molecular formula is C46H74FNO5S. The molecule has 0 aromatic heterocycles. The van der Waals surface area contributed by atoms with Crippen molar-refractivity contribution < 1.29 is 27.8 Å². The van der Waals surface area contributed by atoms with Crippen molar-refractivity contribution in [3.8, 4) is 0 Å². The topological polar surface area (TPSA) is 104 Å².